The number of nitrogens with one attached hydrogen (secondary N) is 1. The fraction of sp³-hybridized carbons (Fsp3) is 0.143. The molecule has 1 amide bonds. The first-order chi connectivity index (χ1) is 10.7. The van der Waals surface area contributed by atoms with Crippen molar-refractivity contribution in [3.63, 3.8) is 0 Å². The quantitative estimate of drug-likeness (QED) is 0.449. The summed E-state index contributed by atoms with van der Waals surface area (Å²) < 4.78 is 5.07. The van der Waals surface area contributed by atoms with Crippen molar-refractivity contribution in [1.82, 2.24) is 5.48 Å². The molecular formula is C14H15N5O3. The molecule has 1 heterocycles. The minimum atomic E-state index is -0.535. The zero-order chi connectivity index (χ0) is 15.9. The van der Waals surface area contributed by atoms with Gasteiger partial charge in [0.25, 0.3) is 5.91 Å². The monoisotopic (exact) mass is 301 g/mol. The van der Waals surface area contributed by atoms with Gasteiger partial charge in [-0.05, 0) is 29.8 Å². The first-order valence-corrected chi connectivity index (χ1v) is 6.28. The highest BCUT2D eigenvalue weighted by molar-refractivity contribution is 6.18. The lowest BCUT2D eigenvalue weighted by atomic mass is 10.2. The Bertz CT molecular complexity index is 674. The van der Waals surface area contributed by atoms with Crippen molar-refractivity contribution in [3.05, 3.63) is 41.2 Å². The van der Waals surface area contributed by atoms with Crippen LogP contribution in [-0.4, -0.2) is 38.5 Å². The fourth-order valence-electron chi connectivity index (χ4n) is 1.65. The predicted molar refractivity (Wildman–Crippen MR) is 82.9 cm³/mol. The van der Waals surface area contributed by atoms with Crippen LogP contribution >= 0.6 is 0 Å². The topological polar surface area (TPSA) is 111 Å². The van der Waals surface area contributed by atoms with Crippen LogP contribution in [0.3, 0.4) is 0 Å². The van der Waals surface area contributed by atoms with Crippen molar-refractivity contribution in [2.75, 3.05) is 14.2 Å². The van der Waals surface area contributed by atoms with E-state index in [1.807, 2.05) is 12.1 Å². The molecular weight excluding hydrogens is 286 g/mol. The maximum Gasteiger partial charge on any atom is 0.299 e. The van der Waals surface area contributed by atoms with Crippen molar-refractivity contribution < 1.29 is 14.4 Å². The van der Waals surface area contributed by atoms with Gasteiger partial charge in [0.05, 0.1) is 14.2 Å². The Labute approximate surface area is 127 Å². The summed E-state index contributed by atoms with van der Waals surface area (Å²) >= 11 is 0. The van der Waals surface area contributed by atoms with Crippen molar-refractivity contribution in [1.29, 1.82) is 0 Å². The number of aliphatic imine (C=N–C) groups is 3. The SMILES string of the molecule is CONC=NC1=C(N=Cc2ccc(OC)cc2)C(=O)N=C1N. The van der Waals surface area contributed by atoms with Crippen molar-refractivity contribution in [3.8, 4) is 5.75 Å². The molecule has 0 atom stereocenters. The summed E-state index contributed by atoms with van der Waals surface area (Å²) in [6.07, 6.45) is 2.78. The molecule has 8 nitrogen and oxygen atoms in total. The Morgan fingerprint density at radius 1 is 1.18 bits per heavy atom. The molecule has 8 heteroatoms. The van der Waals surface area contributed by atoms with Crippen LogP contribution in [0.15, 0.2) is 50.6 Å². The molecule has 2 rings (SSSR count). The molecule has 0 radical (unpaired) electrons. The van der Waals surface area contributed by atoms with E-state index in [0.29, 0.717) is 0 Å². The molecule has 0 saturated heterocycles. The fourth-order valence-corrected chi connectivity index (χ4v) is 1.65. The summed E-state index contributed by atoms with van der Waals surface area (Å²) in [4.78, 5) is 28.1. The number of amides is 1. The van der Waals surface area contributed by atoms with Crippen LogP contribution in [0.5, 0.6) is 5.75 Å². The Kier molecular flexibility index (Phi) is 4.99. The van der Waals surface area contributed by atoms with E-state index in [4.69, 9.17) is 10.5 Å². The molecule has 1 aromatic carbocycles. The number of carbonyl (C=O) groups excluding carboxylic acids is 1. The normalized spacial score (nSPS) is 15.0. The minimum Gasteiger partial charge on any atom is -0.497 e. The average Bonchev–Trinajstić information content (AvgIpc) is 2.80. The summed E-state index contributed by atoms with van der Waals surface area (Å²) in [5.41, 5.74) is 9.11. The number of benzene rings is 1. The molecule has 0 aromatic heterocycles. The van der Waals surface area contributed by atoms with E-state index in [1.165, 1.54) is 19.7 Å². The maximum absolute atomic E-state index is 11.8. The van der Waals surface area contributed by atoms with Crippen LogP contribution in [0.25, 0.3) is 0 Å². The number of hydroxylamine groups is 1. The Morgan fingerprint density at radius 3 is 2.55 bits per heavy atom. The first kappa shape index (κ1) is 15.4. The highest BCUT2D eigenvalue weighted by Gasteiger charge is 2.24. The van der Waals surface area contributed by atoms with E-state index < -0.39 is 5.91 Å². The second-order valence-corrected chi connectivity index (χ2v) is 4.11. The van der Waals surface area contributed by atoms with Crippen LogP contribution in [0.2, 0.25) is 0 Å². The molecule has 1 aliphatic rings. The number of ether oxygens (including phenoxy) is 1. The van der Waals surface area contributed by atoms with E-state index >= 15 is 0 Å². The molecule has 0 bridgehead atoms. The molecule has 1 aliphatic heterocycles. The number of hydrogen-bond donors (Lipinski definition) is 2. The number of nitrogens with zero attached hydrogens (tertiary/aromatic N) is 3. The highest BCUT2D eigenvalue weighted by Crippen LogP contribution is 2.17. The Morgan fingerprint density at radius 2 is 1.91 bits per heavy atom. The number of carbonyl (C=O) groups is 1. The number of rotatable bonds is 6. The van der Waals surface area contributed by atoms with Crippen LogP contribution in [-0.2, 0) is 9.63 Å². The lowest BCUT2D eigenvalue weighted by Crippen LogP contribution is -2.14. The molecule has 114 valence electrons. The summed E-state index contributed by atoms with van der Waals surface area (Å²) in [6, 6.07) is 7.20. The van der Waals surface area contributed by atoms with E-state index in [0.717, 1.165) is 11.3 Å². The average molecular weight is 301 g/mol. The molecule has 0 fully saturated rings. The molecule has 0 saturated carbocycles. The molecule has 3 N–H and O–H groups in total. The standard InChI is InChI=1S/C14H15N5O3/c1-21-10-5-3-9(4-6-10)7-16-12-11(17-8-18-22-2)13(15)19-14(12)20/h3-8H,1-2H3,(H3,15,17,18,19,20). The van der Waals surface area contributed by atoms with Gasteiger partial charge in [0.2, 0.25) is 0 Å². The van der Waals surface area contributed by atoms with Gasteiger partial charge in [0, 0.05) is 6.21 Å². The van der Waals surface area contributed by atoms with Gasteiger partial charge in [0.1, 0.15) is 17.8 Å². The van der Waals surface area contributed by atoms with E-state index in [2.05, 4.69) is 25.3 Å². The Balaban J connectivity index is 2.23. The van der Waals surface area contributed by atoms with Crippen LogP contribution in [0.4, 0.5) is 0 Å². The number of amidine groups is 1. The molecule has 0 spiro atoms. The molecule has 0 aliphatic carbocycles. The minimum absolute atomic E-state index is 0.0148. The van der Waals surface area contributed by atoms with Gasteiger partial charge in [-0.3, -0.25) is 15.1 Å². The predicted octanol–water partition coefficient (Wildman–Crippen LogP) is 0.402. The zero-order valence-corrected chi connectivity index (χ0v) is 12.1. The summed E-state index contributed by atoms with van der Waals surface area (Å²) in [5, 5.41) is 0. The van der Waals surface area contributed by atoms with E-state index in [-0.39, 0.29) is 17.2 Å². The molecule has 1 aromatic rings. The van der Waals surface area contributed by atoms with Gasteiger partial charge in [-0.25, -0.2) is 9.98 Å². The van der Waals surface area contributed by atoms with Crippen LogP contribution in [0.1, 0.15) is 5.56 Å². The molecule has 22 heavy (non-hydrogen) atoms. The largest absolute Gasteiger partial charge is 0.497 e. The number of hydrogen-bond acceptors (Lipinski definition) is 6. The van der Waals surface area contributed by atoms with Crippen LogP contribution in [0, 0.1) is 0 Å². The van der Waals surface area contributed by atoms with Crippen molar-refractivity contribution in [2.45, 2.75) is 0 Å². The second kappa shape index (κ2) is 7.14. The number of nitrogens with two attached hydrogens (primary N) is 1. The van der Waals surface area contributed by atoms with E-state index in [1.54, 1.807) is 19.2 Å². The van der Waals surface area contributed by atoms with Gasteiger partial charge in [0.15, 0.2) is 11.5 Å². The maximum atomic E-state index is 11.8. The van der Waals surface area contributed by atoms with Crippen LogP contribution < -0.4 is 16.0 Å². The first-order valence-electron chi connectivity index (χ1n) is 6.28. The third-order valence-corrected chi connectivity index (χ3v) is 2.71. The van der Waals surface area contributed by atoms with E-state index in [9.17, 15) is 4.79 Å². The lowest BCUT2D eigenvalue weighted by Gasteiger charge is -1.99. The number of methoxy groups -OCH3 is 1. The zero-order valence-electron chi connectivity index (χ0n) is 12.1. The van der Waals surface area contributed by atoms with Gasteiger partial charge in [-0.1, -0.05) is 0 Å². The van der Waals surface area contributed by atoms with Crippen molar-refractivity contribution in [2.24, 2.45) is 20.7 Å². The highest BCUT2D eigenvalue weighted by atomic mass is 16.6. The van der Waals surface area contributed by atoms with Gasteiger partial charge in [-0.15, -0.1) is 0 Å². The molecule has 0 unspecified atom stereocenters. The third-order valence-electron chi connectivity index (χ3n) is 2.71. The third kappa shape index (κ3) is 3.55. The lowest BCUT2D eigenvalue weighted by molar-refractivity contribution is -0.114. The summed E-state index contributed by atoms with van der Waals surface area (Å²) in [5.74, 6) is 0.213. The smallest absolute Gasteiger partial charge is 0.299 e. The van der Waals surface area contributed by atoms with Gasteiger partial charge < -0.3 is 10.5 Å². The van der Waals surface area contributed by atoms with Crippen molar-refractivity contribution >= 4 is 24.3 Å². The van der Waals surface area contributed by atoms with Gasteiger partial charge in [-0.2, -0.15) is 4.99 Å². The second-order valence-electron chi connectivity index (χ2n) is 4.11. The summed E-state index contributed by atoms with van der Waals surface area (Å²) in [7, 11) is 3.02. The Hall–Kier alpha value is -3.00. The summed E-state index contributed by atoms with van der Waals surface area (Å²) in [6.45, 7) is 0. The van der Waals surface area contributed by atoms with Gasteiger partial charge >= 0.3 is 0 Å².